The minimum atomic E-state index is -0.740. The zero-order valence-corrected chi connectivity index (χ0v) is 19.4. The van der Waals surface area contributed by atoms with Crippen molar-refractivity contribution in [1.82, 2.24) is 4.90 Å². The summed E-state index contributed by atoms with van der Waals surface area (Å²) in [5, 5.41) is 13.2. The molecule has 1 fully saturated rings. The number of rotatable bonds is 8. The fourth-order valence-electron chi connectivity index (χ4n) is 4.44. The average molecular weight is 462 g/mol. The van der Waals surface area contributed by atoms with Gasteiger partial charge in [0.15, 0.2) is 11.5 Å². The van der Waals surface area contributed by atoms with E-state index in [1.165, 1.54) is 19.1 Å². The van der Waals surface area contributed by atoms with Crippen LogP contribution in [-0.4, -0.2) is 56.2 Å². The van der Waals surface area contributed by atoms with E-state index in [-0.39, 0.29) is 11.3 Å². The Balaban J connectivity index is 1.92. The van der Waals surface area contributed by atoms with Crippen LogP contribution < -0.4 is 9.47 Å². The predicted octanol–water partition coefficient (Wildman–Crippen LogP) is 4.32. The van der Waals surface area contributed by atoms with Gasteiger partial charge < -0.3 is 24.2 Å². The van der Waals surface area contributed by atoms with Gasteiger partial charge in [-0.05, 0) is 41.0 Å². The van der Waals surface area contributed by atoms with Crippen LogP contribution in [0.15, 0.2) is 66.2 Å². The average Bonchev–Trinajstić information content (AvgIpc) is 3.12. The summed E-state index contributed by atoms with van der Waals surface area (Å²) in [5.74, 6) is -0.725. The Labute approximate surface area is 198 Å². The van der Waals surface area contributed by atoms with Crippen LogP contribution in [0.1, 0.15) is 23.6 Å². The van der Waals surface area contributed by atoms with Crippen molar-refractivity contribution < 1.29 is 28.9 Å². The summed E-state index contributed by atoms with van der Waals surface area (Å²) in [6.07, 6.45) is 0.557. The van der Waals surface area contributed by atoms with Gasteiger partial charge in [-0.25, -0.2) is 0 Å². The van der Waals surface area contributed by atoms with Crippen molar-refractivity contribution >= 4 is 28.2 Å². The molecule has 176 valence electrons. The number of nitrogens with zero attached hydrogens (tertiary/aromatic N) is 1. The Kier molecular flexibility index (Phi) is 6.84. The maximum atomic E-state index is 13.3. The number of carbonyl (C=O) groups is 2. The van der Waals surface area contributed by atoms with Crippen molar-refractivity contribution in [2.75, 3.05) is 34.5 Å². The van der Waals surface area contributed by atoms with Gasteiger partial charge in [-0.15, -0.1) is 0 Å². The van der Waals surface area contributed by atoms with Gasteiger partial charge in [-0.1, -0.05) is 42.5 Å². The summed E-state index contributed by atoms with van der Waals surface area (Å²) < 4.78 is 15.8. The molecule has 1 amide bonds. The zero-order valence-electron chi connectivity index (χ0n) is 19.4. The number of Topliss-reactive ketones (excluding diaryl/α,β-unsaturated/α-hetero) is 1. The van der Waals surface area contributed by atoms with Crippen molar-refractivity contribution in [3.8, 4) is 11.5 Å². The number of hydrogen-bond donors (Lipinski definition) is 1. The van der Waals surface area contributed by atoms with Gasteiger partial charge in [0, 0.05) is 25.8 Å². The molecular formula is C27H27NO6. The third kappa shape index (κ3) is 4.10. The van der Waals surface area contributed by atoms with Crippen molar-refractivity contribution in [3.63, 3.8) is 0 Å². The number of ketones is 1. The van der Waals surface area contributed by atoms with E-state index in [1.807, 2.05) is 42.5 Å². The summed E-state index contributed by atoms with van der Waals surface area (Å²) in [7, 11) is 4.60. The van der Waals surface area contributed by atoms with E-state index in [0.717, 1.165) is 16.3 Å². The molecule has 1 heterocycles. The highest BCUT2D eigenvalue weighted by Gasteiger charge is 2.46. The molecule has 1 saturated heterocycles. The smallest absolute Gasteiger partial charge is 0.295 e. The lowest BCUT2D eigenvalue weighted by Crippen LogP contribution is -2.31. The molecule has 0 saturated carbocycles. The van der Waals surface area contributed by atoms with Gasteiger partial charge in [-0.3, -0.25) is 9.59 Å². The molecule has 1 aliphatic heterocycles. The van der Waals surface area contributed by atoms with Crippen LogP contribution in [0.3, 0.4) is 0 Å². The van der Waals surface area contributed by atoms with Gasteiger partial charge in [0.05, 0.1) is 25.8 Å². The van der Waals surface area contributed by atoms with Crippen molar-refractivity contribution in [3.05, 3.63) is 77.4 Å². The van der Waals surface area contributed by atoms with Gasteiger partial charge >= 0.3 is 0 Å². The quantitative estimate of drug-likeness (QED) is 0.233. The van der Waals surface area contributed by atoms with Crippen LogP contribution in [0.2, 0.25) is 0 Å². The molecule has 34 heavy (non-hydrogen) atoms. The largest absolute Gasteiger partial charge is 0.507 e. The highest BCUT2D eigenvalue weighted by atomic mass is 16.5. The van der Waals surface area contributed by atoms with Crippen LogP contribution in [0.25, 0.3) is 16.5 Å². The van der Waals surface area contributed by atoms with E-state index in [0.29, 0.717) is 36.6 Å². The lowest BCUT2D eigenvalue weighted by atomic mass is 9.91. The summed E-state index contributed by atoms with van der Waals surface area (Å²) in [5.41, 5.74) is 1.18. The second kappa shape index (κ2) is 9.97. The minimum Gasteiger partial charge on any atom is -0.507 e. The van der Waals surface area contributed by atoms with Crippen LogP contribution in [0, 0.1) is 0 Å². The van der Waals surface area contributed by atoms with E-state index in [4.69, 9.17) is 14.2 Å². The van der Waals surface area contributed by atoms with E-state index >= 15 is 0 Å². The number of methoxy groups -OCH3 is 3. The molecule has 4 rings (SSSR count). The lowest BCUT2D eigenvalue weighted by molar-refractivity contribution is -0.140. The Morgan fingerprint density at radius 2 is 1.68 bits per heavy atom. The third-order valence-corrected chi connectivity index (χ3v) is 6.06. The molecule has 1 N–H and O–H groups in total. The Bertz CT molecular complexity index is 1260. The molecular weight excluding hydrogens is 434 g/mol. The van der Waals surface area contributed by atoms with Crippen LogP contribution in [-0.2, 0) is 14.3 Å². The van der Waals surface area contributed by atoms with Gasteiger partial charge in [0.25, 0.3) is 11.7 Å². The van der Waals surface area contributed by atoms with Gasteiger partial charge in [-0.2, -0.15) is 0 Å². The second-order valence-corrected chi connectivity index (χ2v) is 7.98. The first kappa shape index (κ1) is 23.3. The number of likely N-dealkylation sites (tertiary alicyclic amines) is 1. The van der Waals surface area contributed by atoms with E-state index in [2.05, 4.69) is 0 Å². The third-order valence-electron chi connectivity index (χ3n) is 6.06. The topological polar surface area (TPSA) is 85.3 Å². The molecule has 7 nitrogen and oxygen atoms in total. The molecule has 1 aliphatic rings. The number of aliphatic hydroxyl groups is 1. The number of amides is 1. The maximum absolute atomic E-state index is 13.3. The molecule has 0 radical (unpaired) electrons. The molecule has 0 bridgehead atoms. The highest BCUT2D eigenvalue weighted by Crippen LogP contribution is 2.42. The number of benzene rings is 3. The maximum Gasteiger partial charge on any atom is 0.295 e. The van der Waals surface area contributed by atoms with Gasteiger partial charge in [0.1, 0.15) is 5.76 Å². The number of fused-ring (bicyclic) bond motifs is 1. The molecule has 1 unspecified atom stereocenters. The predicted molar refractivity (Wildman–Crippen MR) is 129 cm³/mol. The molecule has 0 spiro atoms. The Hall–Kier alpha value is -3.84. The number of ether oxygens (including phenoxy) is 3. The normalized spacial score (nSPS) is 17.4. The van der Waals surface area contributed by atoms with Crippen molar-refractivity contribution in [2.24, 2.45) is 0 Å². The number of hydrogen-bond acceptors (Lipinski definition) is 6. The van der Waals surface area contributed by atoms with Crippen LogP contribution in [0.4, 0.5) is 0 Å². The summed E-state index contributed by atoms with van der Waals surface area (Å²) in [4.78, 5) is 27.9. The first-order valence-corrected chi connectivity index (χ1v) is 11.0. The SMILES string of the molecule is COCCCN1C(=O)C(=O)/C(=C(\O)c2ccc(OC)c(OC)c2)C1c1cccc2ccccc12. The minimum absolute atomic E-state index is 0.0472. The van der Waals surface area contributed by atoms with Crippen molar-refractivity contribution in [1.29, 1.82) is 0 Å². The lowest BCUT2D eigenvalue weighted by Gasteiger charge is -2.26. The second-order valence-electron chi connectivity index (χ2n) is 7.98. The Morgan fingerprint density at radius 1 is 0.941 bits per heavy atom. The first-order valence-electron chi connectivity index (χ1n) is 11.0. The Morgan fingerprint density at radius 3 is 2.41 bits per heavy atom. The summed E-state index contributed by atoms with van der Waals surface area (Å²) in [6.45, 7) is 0.760. The molecule has 3 aromatic carbocycles. The van der Waals surface area contributed by atoms with E-state index < -0.39 is 17.7 Å². The highest BCUT2D eigenvalue weighted by molar-refractivity contribution is 6.46. The standard InChI is InChI=1S/C27H27NO6/c1-32-15-7-14-28-24(20-11-6-9-17-8-4-5-10-19(17)20)23(26(30)27(28)31)25(29)18-12-13-21(33-2)22(16-18)34-3/h4-6,8-13,16,24,29H,7,14-15H2,1-3H3/b25-23-. The molecule has 0 aromatic heterocycles. The first-order chi connectivity index (χ1) is 16.5. The van der Waals surface area contributed by atoms with Crippen molar-refractivity contribution in [2.45, 2.75) is 12.5 Å². The zero-order chi connectivity index (χ0) is 24.2. The number of aliphatic hydroxyl groups excluding tert-OH is 1. The van der Waals surface area contributed by atoms with E-state index in [9.17, 15) is 14.7 Å². The molecule has 3 aromatic rings. The number of carbonyl (C=O) groups excluding carboxylic acids is 2. The van der Waals surface area contributed by atoms with Crippen LogP contribution in [0.5, 0.6) is 11.5 Å². The molecule has 0 aliphatic carbocycles. The summed E-state index contributed by atoms with van der Waals surface area (Å²) in [6, 6.07) is 17.7. The molecule has 7 heteroatoms. The monoisotopic (exact) mass is 461 g/mol. The fraction of sp³-hybridized carbons (Fsp3) is 0.259. The summed E-state index contributed by atoms with van der Waals surface area (Å²) >= 11 is 0. The molecule has 1 atom stereocenters. The fourth-order valence-corrected chi connectivity index (χ4v) is 4.44. The van der Waals surface area contributed by atoms with E-state index in [1.54, 1.807) is 25.3 Å². The van der Waals surface area contributed by atoms with Crippen LogP contribution >= 0.6 is 0 Å². The van der Waals surface area contributed by atoms with Gasteiger partial charge in [0.2, 0.25) is 0 Å².